The number of hydrogen-bond acceptors (Lipinski definition) is 3. The fourth-order valence-corrected chi connectivity index (χ4v) is 1.95. The summed E-state index contributed by atoms with van der Waals surface area (Å²) < 4.78 is 10.6. The molecule has 0 fully saturated rings. The van der Waals surface area contributed by atoms with E-state index in [0.29, 0.717) is 18.7 Å². The molecule has 2 unspecified atom stereocenters. The van der Waals surface area contributed by atoms with Gasteiger partial charge in [0.1, 0.15) is 5.75 Å². The molecule has 0 radical (unpaired) electrons. The number of nitrogens with one attached hydrogen (secondary N) is 1. The molecule has 0 bridgehead atoms. The van der Waals surface area contributed by atoms with Gasteiger partial charge in [0, 0.05) is 19.2 Å². The molecule has 1 N–H and O–H groups in total. The molecule has 0 aliphatic carbocycles. The molecule has 1 rings (SSSR count). The minimum Gasteiger partial charge on any atom is -0.494 e. The molecule has 18 heavy (non-hydrogen) atoms. The fraction of sp³-hybridized carbons (Fsp3) is 0.600. The maximum Gasteiger partial charge on any atom is 0.119 e. The second-order valence-electron chi connectivity index (χ2n) is 4.45. The van der Waals surface area contributed by atoms with Gasteiger partial charge in [-0.1, -0.05) is 19.1 Å². The Labute approximate surface area is 110 Å². The van der Waals surface area contributed by atoms with Crippen molar-refractivity contribution in [3.8, 4) is 5.75 Å². The highest BCUT2D eigenvalue weighted by Crippen LogP contribution is 2.18. The maximum absolute atomic E-state index is 5.44. The minimum absolute atomic E-state index is 0.320. The fourth-order valence-electron chi connectivity index (χ4n) is 1.95. The smallest absolute Gasteiger partial charge is 0.119 e. The van der Waals surface area contributed by atoms with Crippen LogP contribution in [0.5, 0.6) is 5.75 Å². The molecule has 0 amide bonds. The summed E-state index contributed by atoms with van der Waals surface area (Å²) in [4.78, 5) is 0. The van der Waals surface area contributed by atoms with E-state index < -0.39 is 0 Å². The van der Waals surface area contributed by atoms with E-state index in [-0.39, 0.29) is 0 Å². The summed E-state index contributed by atoms with van der Waals surface area (Å²) in [5.41, 5.74) is 1.27. The van der Waals surface area contributed by atoms with Gasteiger partial charge in [-0.3, -0.25) is 0 Å². The predicted octanol–water partition coefficient (Wildman–Crippen LogP) is 3.16. The van der Waals surface area contributed by atoms with E-state index in [9.17, 15) is 0 Å². The van der Waals surface area contributed by atoms with Gasteiger partial charge in [0.15, 0.2) is 0 Å². The van der Waals surface area contributed by atoms with Gasteiger partial charge in [0.05, 0.1) is 13.2 Å². The highest BCUT2D eigenvalue weighted by atomic mass is 16.5. The molecular formula is C15H25NO2. The van der Waals surface area contributed by atoms with Crippen LogP contribution in [-0.2, 0) is 4.74 Å². The lowest BCUT2D eigenvalue weighted by atomic mass is 10.1. The molecule has 102 valence electrons. The Kier molecular flexibility index (Phi) is 6.76. The standard InChI is InChI=1S/C15H25NO2/c1-5-14(11-17-4)16-12(3)13-7-9-15(10-8-13)18-6-2/h7-10,12,14,16H,5-6,11H2,1-4H3. The molecule has 1 aromatic rings. The van der Waals surface area contributed by atoms with Crippen LogP contribution in [0.25, 0.3) is 0 Å². The summed E-state index contributed by atoms with van der Waals surface area (Å²) in [6, 6.07) is 8.99. The van der Waals surface area contributed by atoms with Gasteiger partial charge in [-0.2, -0.15) is 0 Å². The third kappa shape index (κ3) is 4.67. The van der Waals surface area contributed by atoms with Crippen LogP contribution in [0.1, 0.15) is 38.8 Å². The van der Waals surface area contributed by atoms with Gasteiger partial charge in [-0.05, 0) is 38.0 Å². The highest BCUT2D eigenvalue weighted by Gasteiger charge is 2.11. The van der Waals surface area contributed by atoms with Crippen LogP contribution >= 0.6 is 0 Å². The number of benzene rings is 1. The van der Waals surface area contributed by atoms with Crippen molar-refractivity contribution in [3.05, 3.63) is 29.8 Å². The first kappa shape index (κ1) is 15.0. The SMILES string of the molecule is CCOc1ccc(C(C)NC(CC)COC)cc1. The van der Waals surface area contributed by atoms with E-state index in [2.05, 4.69) is 31.3 Å². The van der Waals surface area contributed by atoms with Crippen molar-refractivity contribution < 1.29 is 9.47 Å². The molecule has 0 saturated carbocycles. The van der Waals surface area contributed by atoms with Crippen LogP contribution in [0.2, 0.25) is 0 Å². The number of hydrogen-bond donors (Lipinski definition) is 1. The van der Waals surface area contributed by atoms with Crippen molar-refractivity contribution in [2.45, 2.75) is 39.3 Å². The van der Waals surface area contributed by atoms with Crippen LogP contribution < -0.4 is 10.1 Å². The number of ether oxygens (including phenoxy) is 2. The topological polar surface area (TPSA) is 30.5 Å². The van der Waals surface area contributed by atoms with Crippen LogP contribution in [-0.4, -0.2) is 26.4 Å². The Bertz CT molecular complexity index is 324. The summed E-state index contributed by atoms with van der Waals surface area (Å²) >= 11 is 0. The summed E-state index contributed by atoms with van der Waals surface area (Å²) in [5.74, 6) is 0.928. The van der Waals surface area contributed by atoms with Gasteiger partial charge in [-0.15, -0.1) is 0 Å². The highest BCUT2D eigenvalue weighted by molar-refractivity contribution is 5.28. The van der Waals surface area contributed by atoms with Gasteiger partial charge in [-0.25, -0.2) is 0 Å². The van der Waals surface area contributed by atoms with Crippen molar-refractivity contribution in [3.63, 3.8) is 0 Å². The van der Waals surface area contributed by atoms with E-state index >= 15 is 0 Å². The first-order chi connectivity index (χ1) is 8.71. The van der Waals surface area contributed by atoms with Crippen LogP contribution in [0.3, 0.4) is 0 Å². The van der Waals surface area contributed by atoms with Crippen molar-refractivity contribution in [2.75, 3.05) is 20.3 Å². The largest absolute Gasteiger partial charge is 0.494 e. The normalized spacial score (nSPS) is 14.2. The molecule has 0 aromatic heterocycles. The average Bonchev–Trinajstić information content (AvgIpc) is 2.39. The van der Waals surface area contributed by atoms with Crippen molar-refractivity contribution in [2.24, 2.45) is 0 Å². The zero-order valence-corrected chi connectivity index (χ0v) is 11.9. The Morgan fingerprint density at radius 1 is 1.17 bits per heavy atom. The first-order valence-corrected chi connectivity index (χ1v) is 6.69. The second kappa shape index (κ2) is 8.11. The lowest BCUT2D eigenvalue weighted by molar-refractivity contribution is 0.159. The second-order valence-corrected chi connectivity index (χ2v) is 4.45. The molecule has 0 spiro atoms. The quantitative estimate of drug-likeness (QED) is 0.770. The molecule has 3 nitrogen and oxygen atoms in total. The van der Waals surface area contributed by atoms with E-state index in [1.54, 1.807) is 7.11 Å². The number of methoxy groups -OCH3 is 1. The number of rotatable bonds is 8. The Morgan fingerprint density at radius 3 is 2.33 bits per heavy atom. The van der Waals surface area contributed by atoms with Gasteiger partial charge < -0.3 is 14.8 Å². The van der Waals surface area contributed by atoms with Gasteiger partial charge in [0.2, 0.25) is 0 Å². The zero-order valence-electron chi connectivity index (χ0n) is 11.9. The van der Waals surface area contributed by atoms with Crippen molar-refractivity contribution in [1.82, 2.24) is 5.32 Å². The minimum atomic E-state index is 0.320. The molecular weight excluding hydrogens is 226 g/mol. The summed E-state index contributed by atoms with van der Waals surface area (Å²) in [6.07, 6.45) is 1.06. The Balaban J connectivity index is 2.57. The van der Waals surface area contributed by atoms with Gasteiger partial charge in [0.25, 0.3) is 0 Å². The Hall–Kier alpha value is -1.06. The third-order valence-corrected chi connectivity index (χ3v) is 3.04. The molecule has 1 aromatic carbocycles. The van der Waals surface area contributed by atoms with Crippen molar-refractivity contribution >= 4 is 0 Å². The Morgan fingerprint density at radius 2 is 1.83 bits per heavy atom. The summed E-state index contributed by atoms with van der Waals surface area (Å²) in [7, 11) is 1.74. The van der Waals surface area contributed by atoms with Gasteiger partial charge >= 0.3 is 0 Å². The summed E-state index contributed by atoms with van der Waals surface area (Å²) in [6.45, 7) is 7.79. The molecule has 0 heterocycles. The lowest BCUT2D eigenvalue weighted by Crippen LogP contribution is -2.34. The molecule has 2 atom stereocenters. The van der Waals surface area contributed by atoms with E-state index in [1.807, 2.05) is 19.1 Å². The van der Waals surface area contributed by atoms with Crippen molar-refractivity contribution in [1.29, 1.82) is 0 Å². The molecule has 0 aliphatic rings. The van der Waals surface area contributed by atoms with E-state index in [0.717, 1.165) is 18.8 Å². The molecule has 3 heteroatoms. The van der Waals surface area contributed by atoms with E-state index in [4.69, 9.17) is 9.47 Å². The predicted molar refractivity (Wildman–Crippen MR) is 75.1 cm³/mol. The molecule has 0 saturated heterocycles. The third-order valence-electron chi connectivity index (χ3n) is 3.04. The maximum atomic E-state index is 5.44. The first-order valence-electron chi connectivity index (χ1n) is 6.69. The average molecular weight is 251 g/mol. The van der Waals surface area contributed by atoms with Crippen LogP contribution in [0, 0.1) is 0 Å². The summed E-state index contributed by atoms with van der Waals surface area (Å²) in [5, 5.41) is 3.57. The lowest BCUT2D eigenvalue weighted by Gasteiger charge is -2.22. The zero-order chi connectivity index (χ0) is 13.4. The molecule has 0 aliphatic heterocycles. The monoisotopic (exact) mass is 251 g/mol. The van der Waals surface area contributed by atoms with E-state index in [1.165, 1.54) is 5.56 Å². The van der Waals surface area contributed by atoms with Crippen LogP contribution in [0.15, 0.2) is 24.3 Å². The van der Waals surface area contributed by atoms with Crippen LogP contribution in [0.4, 0.5) is 0 Å².